The second-order valence-electron chi connectivity index (χ2n) is 5.27. The number of hydrogen-bond donors (Lipinski definition) is 1. The molecule has 3 nitrogen and oxygen atoms in total. The SMILES string of the molecule is COc1ccc2c(c1OC)CCC1CCNCC21. The summed E-state index contributed by atoms with van der Waals surface area (Å²) in [5.74, 6) is 3.30. The van der Waals surface area contributed by atoms with Gasteiger partial charge in [-0.3, -0.25) is 0 Å². The van der Waals surface area contributed by atoms with Crippen LogP contribution in [-0.4, -0.2) is 27.3 Å². The Bertz CT molecular complexity index is 444. The van der Waals surface area contributed by atoms with Crippen LogP contribution >= 0.6 is 0 Å². The van der Waals surface area contributed by atoms with Crippen molar-refractivity contribution in [1.29, 1.82) is 0 Å². The van der Waals surface area contributed by atoms with E-state index in [1.54, 1.807) is 14.2 Å². The van der Waals surface area contributed by atoms with E-state index in [4.69, 9.17) is 9.47 Å². The van der Waals surface area contributed by atoms with E-state index in [2.05, 4.69) is 17.4 Å². The van der Waals surface area contributed by atoms with Crippen molar-refractivity contribution < 1.29 is 9.47 Å². The summed E-state index contributed by atoms with van der Waals surface area (Å²) < 4.78 is 11.0. The van der Waals surface area contributed by atoms with Gasteiger partial charge in [-0.05, 0) is 49.3 Å². The maximum atomic E-state index is 5.57. The van der Waals surface area contributed by atoms with E-state index in [9.17, 15) is 0 Å². The van der Waals surface area contributed by atoms with Crippen LogP contribution in [0.5, 0.6) is 11.5 Å². The van der Waals surface area contributed by atoms with E-state index in [1.807, 2.05) is 0 Å². The highest BCUT2D eigenvalue weighted by Crippen LogP contribution is 2.45. The van der Waals surface area contributed by atoms with E-state index in [0.29, 0.717) is 5.92 Å². The third-order valence-electron chi connectivity index (χ3n) is 4.47. The number of ether oxygens (including phenoxy) is 2. The lowest BCUT2D eigenvalue weighted by molar-refractivity contribution is 0.283. The molecule has 3 rings (SSSR count). The summed E-state index contributed by atoms with van der Waals surface area (Å²) in [4.78, 5) is 0. The van der Waals surface area contributed by atoms with E-state index in [-0.39, 0.29) is 0 Å². The molecule has 1 aliphatic carbocycles. The molecule has 1 N–H and O–H groups in total. The highest BCUT2D eigenvalue weighted by molar-refractivity contribution is 5.53. The van der Waals surface area contributed by atoms with Crippen LogP contribution in [0.1, 0.15) is 29.9 Å². The molecule has 0 amide bonds. The van der Waals surface area contributed by atoms with Crippen LogP contribution in [0.25, 0.3) is 0 Å². The minimum absolute atomic E-state index is 0.655. The molecule has 3 heteroatoms. The summed E-state index contributed by atoms with van der Waals surface area (Å²) in [6.07, 6.45) is 3.71. The average molecular weight is 247 g/mol. The topological polar surface area (TPSA) is 30.5 Å². The van der Waals surface area contributed by atoms with Crippen molar-refractivity contribution in [3.63, 3.8) is 0 Å². The minimum Gasteiger partial charge on any atom is -0.493 e. The van der Waals surface area contributed by atoms with Crippen LogP contribution in [0.3, 0.4) is 0 Å². The number of piperidine rings is 1. The largest absolute Gasteiger partial charge is 0.493 e. The fourth-order valence-corrected chi connectivity index (χ4v) is 3.56. The van der Waals surface area contributed by atoms with Gasteiger partial charge < -0.3 is 14.8 Å². The van der Waals surface area contributed by atoms with Gasteiger partial charge in [0, 0.05) is 12.1 Å². The molecule has 98 valence electrons. The van der Waals surface area contributed by atoms with Gasteiger partial charge in [-0.25, -0.2) is 0 Å². The molecule has 1 heterocycles. The molecule has 1 aliphatic heterocycles. The fourth-order valence-electron chi connectivity index (χ4n) is 3.56. The molecule has 1 aromatic rings. The molecule has 2 atom stereocenters. The Labute approximate surface area is 108 Å². The van der Waals surface area contributed by atoms with Gasteiger partial charge in [-0.1, -0.05) is 6.07 Å². The standard InChI is InChI=1S/C15H21NO2/c1-17-14-6-5-11-12(15(14)18-2)4-3-10-7-8-16-9-13(10)11/h5-6,10,13,16H,3-4,7-9H2,1-2H3. The highest BCUT2D eigenvalue weighted by Gasteiger charge is 2.33. The molecule has 1 aromatic carbocycles. The molecule has 0 saturated carbocycles. The first kappa shape index (κ1) is 11.8. The average Bonchev–Trinajstić information content (AvgIpc) is 2.45. The summed E-state index contributed by atoms with van der Waals surface area (Å²) in [5.41, 5.74) is 2.83. The zero-order valence-electron chi connectivity index (χ0n) is 11.2. The Kier molecular flexibility index (Phi) is 3.16. The summed E-state index contributed by atoms with van der Waals surface area (Å²) in [5, 5.41) is 3.52. The first-order valence-electron chi connectivity index (χ1n) is 6.79. The van der Waals surface area contributed by atoms with Crippen LogP contribution in [-0.2, 0) is 6.42 Å². The van der Waals surface area contributed by atoms with Gasteiger partial charge in [-0.15, -0.1) is 0 Å². The number of rotatable bonds is 2. The Morgan fingerprint density at radius 3 is 2.83 bits per heavy atom. The van der Waals surface area contributed by atoms with Gasteiger partial charge in [-0.2, -0.15) is 0 Å². The number of nitrogens with one attached hydrogen (secondary N) is 1. The van der Waals surface area contributed by atoms with Gasteiger partial charge in [0.2, 0.25) is 0 Å². The normalized spacial score (nSPS) is 26.1. The molecular formula is C15H21NO2. The van der Waals surface area contributed by atoms with Crippen molar-refractivity contribution in [2.24, 2.45) is 5.92 Å². The molecule has 18 heavy (non-hydrogen) atoms. The van der Waals surface area contributed by atoms with Crippen LogP contribution < -0.4 is 14.8 Å². The Hall–Kier alpha value is -1.22. The molecule has 0 radical (unpaired) electrons. The Morgan fingerprint density at radius 2 is 2.06 bits per heavy atom. The van der Waals surface area contributed by atoms with Gasteiger partial charge in [0.25, 0.3) is 0 Å². The fraction of sp³-hybridized carbons (Fsp3) is 0.600. The number of methoxy groups -OCH3 is 2. The van der Waals surface area contributed by atoms with E-state index >= 15 is 0 Å². The summed E-state index contributed by atoms with van der Waals surface area (Å²) >= 11 is 0. The lowest BCUT2D eigenvalue weighted by Crippen LogP contribution is -2.37. The zero-order chi connectivity index (χ0) is 12.5. The van der Waals surface area contributed by atoms with Gasteiger partial charge in [0.1, 0.15) is 0 Å². The monoisotopic (exact) mass is 247 g/mol. The van der Waals surface area contributed by atoms with Crippen molar-refractivity contribution in [2.45, 2.75) is 25.2 Å². The second kappa shape index (κ2) is 4.81. The summed E-state index contributed by atoms with van der Waals surface area (Å²) in [6.45, 7) is 2.27. The lowest BCUT2D eigenvalue weighted by Gasteiger charge is -2.38. The maximum Gasteiger partial charge on any atom is 0.164 e. The predicted octanol–water partition coefficient (Wildman–Crippen LogP) is 2.34. The number of benzene rings is 1. The number of hydrogen-bond acceptors (Lipinski definition) is 3. The number of fused-ring (bicyclic) bond motifs is 3. The van der Waals surface area contributed by atoms with E-state index < -0.39 is 0 Å². The molecule has 1 saturated heterocycles. The minimum atomic E-state index is 0.655. The quantitative estimate of drug-likeness (QED) is 0.870. The predicted molar refractivity (Wildman–Crippen MR) is 71.6 cm³/mol. The first-order valence-corrected chi connectivity index (χ1v) is 6.79. The molecular weight excluding hydrogens is 226 g/mol. The van der Waals surface area contributed by atoms with Crippen LogP contribution in [0.15, 0.2) is 12.1 Å². The van der Waals surface area contributed by atoms with Crippen LogP contribution in [0.4, 0.5) is 0 Å². The van der Waals surface area contributed by atoms with Crippen molar-refractivity contribution in [1.82, 2.24) is 5.32 Å². The molecule has 0 spiro atoms. The molecule has 0 aromatic heterocycles. The molecule has 1 fully saturated rings. The van der Waals surface area contributed by atoms with Crippen molar-refractivity contribution in [3.8, 4) is 11.5 Å². The summed E-state index contributed by atoms with van der Waals surface area (Å²) in [6, 6.07) is 4.29. The molecule has 0 bridgehead atoms. The Balaban J connectivity index is 2.04. The zero-order valence-corrected chi connectivity index (χ0v) is 11.2. The van der Waals surface area contributed by atoms with Gasteiger partial charge >= 0.3 is 0 Å². The lowest BCUT2D eigenvalue weighted by atomic mass is 9.72. The van der Waals surface area contributed by atoms with Crippen molar-refractivity contribution in [2.75, 3.05) is 27.3 Å². The maximum absolute atomic E-state index is 5.57. The van der Waals surface area contributed by atoms with Gasteiger partial charge in [0.15, 0.2) is 11.5 Å². The second-order valence-corrected chi connectivity index (χ2v) is 5.27. The Morgan fingerprint density at radius 1 is 1.17 bits per heavy atom. The van der Waals surface area contributed by atoms with Gasteiger partial charge in [0.05, 0.1) is 14.2 Å². The molecule has 2 unspecified atom stereocenters. The first-order chi connectivity index (χ1) is 8.85. The van der Waals surface area contributed by atoms with Crippen LogP contribution in [0.2, 0.25) is 0 Å². The van der Waals surface area contributed by atoms with E-state index in [1.165, 1.54) is 30.5 Å². The third kappa shape index (κ3) is 1.77. The van der Waals surface area contributed by atoms with Crippen molar-refractivity contribution in [3.05, 3.63) is 23.3 Å². The smallest absolute Gasteiger partial charge is 0.164 e. The molecule has 2 aliphatic rings. The third-order valence-corrected chi connectivity index (χ3v) is 4.47. The highest BCUT2D eigenvalue weighted by atomic mass is 16.5. The van der Waals surface area contributed by atoms with Crippen molar-refractivity contribution >= 4 is 0 Å². The van der Waals surface area contributed by atoms with Crippen LogP contribution in [0, 0.1) is 5.92 Å². The van der Waals surface area contributed by atoms with E-state index in [0.717, 1.165) is 30.4 Å². The summed E-state index contributed by atoms with van der Waals surface area (Å²) in [7, 11) is 3.45.